The van der Waals surface area contributed by atoms with Crippen LogP contribution in [0.5, 0.6) is 0 Å². The minimum atomic E-state index is -4.97. The van der Waals surface area contributed by atoms with Gasteiger partial charge in [0, 0.05) is 16.9 Å². The Bertz CT molecular complexity index is 1680. The predicted molar refractivity (Wildman–Crippen MR) is 145 cm³/mol. The summed E-state index contributed by atoms with van der Waals surface area (Å²) >= 11 is 5.38. The van der Waals surface area contributed by atoms with Crippen LogP contribution in [0.3, 0.4) is 0 Å². The van der Waals surface area contributed by atoms with Gasteiger partial charge < -0.3 is 16.4 Å². The van der Waals surface area contributed by atoms with E-state index in [9.17, 15) is 26.3 Å². The lowest BCUT2D eigenvalue weighted by Gasteiger charge is -2.27. The van der Waals surface area contributed by atoms with Crippen molar-refractivity contribution in [3.05, 3.63) is 106 Å². The number of nitrogen functional groups attached to an aromatic ring is 1. The zero-order chi connectivity index (χ0) is 27.9. The van der Waals surface area contributed by atoms with E-state index in [0.29, 0.717) is 24.2 Å². The maximum Gasteiger partial charge on any atom is 0.416 e. The Hall–Kier alpha value is -4.05. The van der Waals surface area contributed by atoms with Gasteiger partial charge >= 0.3 is 12.4 Å². The molecule has 4 aromatic carbocycles. The summed E-state index contributed by atoms with van der Waals surface area (Å²) in [5, 5.41) is 9.23. The summed E-state index contributed by atoms with van der Waals surface area (Å²) in [5.41, 5.74) is 5.33. The second-order valence-corrected chi connectivity index (χ2v) is 9.55. The summed E-state index contributed by atoms with van der Waals surface area (Å²) in [4.78, 5) is 0. The number of thiocarbonyl (C=S) groups is 1. The number of halogens is 6. The first-order valence-corrected chi connectivity index (χ1v) is 12.3. The number of fused-ring (bicyclic) bond motifs is 2. The molecule has 1 unspecified atom stereocenters. The summed E-state index contributed by atoms with van der Waals surface area (Å²) in [6.45, 7) is 0. The van der Waals surface area contributed by atoms with E-state index in [0.717, 1.165) is 32.3 Å². The first-order chi connectivity index (χ1) is 18.4. The molecule has 4 N–H and O–H groups in total. The molecule has 10 heteroatoms. The molecule has 0 saturated carbocycles. The SMILES string of the molecule is Nc1ccc2ccccc2c1C1=c2ccccc2=CCC1NC(=S)Nc1cc(C(F)(F)F)cc(C(F)(F)F)c1. The van der Waals surface area contributed by atoms with Gasteiger partial charge in [0.1, 0.15) is 0 Å². The van der Waals surface area contributed by atoms with Gasteiger partial charge in [-0.3, -0.25) is 0 Å². The van der Waals surface area contributed by atoms with Gasteiger partial charge in [-0.2, -0.15) is 26.3 Å². The first-order valence-electron chi connectivity index (χ1n) is 11.9. The van der Waals surface area contributed by atoms with Gasteiger partial charge in [0.05, 0.1) is 17.2 Å². The molecular formula is C29H21F6N3S. The Morgan fingerprint density at radius 2 is 1.46 bits per heavy atom. The lowest BCUT2D eigenvalue weighted by Crippen LogP contribution is -2.45. The van der Waals surface area contributed by atoms with Crippen molar-refractivity contribution in [3.8, 4) is 0 Å². The fraction of sp³-hybridized carbons (Fsp3) is 0.138. The molecular weight excluding hydrogens is 536 g/mol. The lowest BCUT2D eigenvalue weighted by atomic mass is 9.86. The molecule has 0 saturated heterocycles. The third kappa shape index (κ3) is 5.42. The average Bonchev–Trinajstić information content (AvgIpc) is 2.88. The summed E-state index contributed by atoms with van der Waals surface area (Å²) in [6, 6.07) is 19.9. The number of anilines is 2. The number of alkyl halides is 6. The molecule has 3 nitrogen and oxygen atoms in total. The van der Waals surface area contributed by atoms with Gasteiger partial charge in [-0.05, 0) is 69.7 Å². The number of hydrogen-bond donors (Lipinski definition) is 3. The van der Waals surface area contributed by atoms with E-state index >= 15 is 0 Å². The van der Waals surface area contributed by atoms with Crippen LogP contribution in [-0.4, -0.2) is 11.2 Å². The van der Waals surface area contributed by atoms with E-state index in [1.165, 1.54) is 0 Å². The molecule has 0 heterocycles. The van der Waals surface area contributed by atoms with Gasteiger partial charge in [0.2, 0.25) is 0 Å². The van der Waals surface area contributed by atoms with E-state index in [-0.39, 0.29) is 11.2 Å². The number of hydrogen-bond acceptors (Lipinski definition) is 2. The molecule has 1 aliphatic rings. The Labute approximate surface area is 224 Å². The third-order valence-electron chi connectivity index (χ3n) is 6.55. The van der Waals surface area contributed by atoms with E-state index in [1.807, 2.05) is 60.7 Å². The molecule has 0 spiro atoms. The Morgan fingerprint density at radius 3 is 2.15 bits per heavy atom. The number of nitrogens with two attached hydrogens (primary N) is 1. The normalized spacial score (nSPS) is 15.4. The highest BCUT2D eigenvalue weighted by Crippen LogP contribution is 2.38. The number of nitrogens with one attached hydrogen (secondary N) is 2. The molecule has 39 heavy (non-hydrogen) atoms. The molecule has 4 aromatic rings. The van der Waals surface area contributed by atoms with Crippen LogP contribution >= 0.6 is 12.2 Å². The van der Waals surface area contributed by atoms with Crippen LogP contribution in [0.4, 0.5) is 37.7 Å². The van der Waals surface area contributed by atoms with Gasteiger partial charge in [0.25, 0.3) is 0 Å². The highest BCUT2D eigenvalue weighted by Gasteiger charge is 2.37. The first kappa shape index (κ1) is 26.6. The van der Waals surface area contributed by atoms with Crippen LogP contribution in [0.25, 0.3) is 22.4 Å². The summed E-state index contributed by atoms with van der Waals surface area (Å²) in [6.07, 6.45) is -7.50. The summed E-state index contributed by atoms with van der Waals surface area (Å²) in [7, 11) is 0. The molecule has 5 rings (SSSR count). The minimum Gasteiger partial charge on any atom is -0.398 e. The monoisotopic (exact) mass is 557 g/mol. The van der Waals surface area contributed by atoms with Crippen LogP contribution in [0.1, 0.15) is 23.1 Å². The summed E-state index contributed by atoms with van der Waals surface area (Å²) in [5.74, 6) is 0. The van der Waals surface area contributed by atoms with Crippen molar-refractivity contribution >= 4 is 51.1 Å². The van der Waals surface area contributed by atoms with Crippen LogP contribution in [0, 0.1) is 0 Å². The van der Waals surface area contributed by atoms with Crippen molar-refractivity contribution in [2.75, 3.05) is 11.1 Å². The van der Waals surface area contributed by atoms with E-state index < -0.39 is 35.2 Å². The van der Waals surface area contributed by atoms with Crippen LogP contribution in [0.15, 0.2) is 78.9 Å². The molecule has 0 fully saturated rings. The van der Waals surface area contributed by atoms with Gasteiger partial charge in [-0.25, -0.2) is 0 Å². The van der Waals surface area contributed by atoms with Crippen molar-refractivity contribution in [3.63, 3.8) is 0 Å². The summed E-state index contributed by atoms with van der Waals surface area (Å²) < 4.78 is 80.0. The highest BCUT2D eigenvalue weighted by molar-refractivity contribution is 7.80. The highest BCUT2D eigenvalue weighted by atomic mass is 32.1. The fourth-order valence-electron chi connectivity index (χ4n) is 4.85. The van der Waals surface area contributed by atoms with Crippen molar-refractivity contribution in [1.82, 2.24) is 5.32 Å². The van der Waals surface area contributed by atoms with Crippen LogP contribution in [-0.2, 0) is 12.4 Å². The molecule has 0 radical (unpaired) electrons. The van der Waals surface area contributed by atoms with Crippen LogP contribution < -0.4 is 26.8 Å². The number of rotatable bonds is 3. The zero-order valence-corrected chi connectivity index (χ0v) is 20.9. The second-order valence-electron chi connectivity index (χ2n) is 9.14. The quantitative estimate of drug-likeness (QED) is 0.160. The predicted octanol–water partition coefficient (Wildman–Crippen LogP) is 6.20. The maximum absolute atomic E-state index is 13.3. The van der Waals surface area contributed by atoms with Crippen molar-refractivity contribution in [2.24, 2.45) is 0 Å². The fourth-order valence-corrected chi connectivity index (χ4v) is 5.11. The van der Waals surface area contributed by atoms with Gasteiger partial charge in [-0.15, -0.1) is 0 Å². The van der Waals surface area contributed by atoms with Crippen molar-refractivity contribution < 1.29 is 26.3 Å². The Morgan fingerprint density at radius 1 is 0.821 bits per heavy atom. The minimum absolute atomic E-state index is 0.0733. The third-order valence-corrected chi connectivity index (χ3v) is 6.77. The Balaban J connectivity index is 1.55. The maximum atomic E-state index is 13.3. The molecule has 0 bridgehead atoms. The molecule has 200 valence electrons. The largest absolute Gasteiger partial charge is 0.416 e. The van der Waals surface area contributed by atoms with Crippen LogP contribution in [0.2, 0.25) is 0 Å². The molecule has 0 amide bonds. The van der Waals surface area contributed by atoms with E-state index in [1.54, 1.807) is 6.07 Å². The van der Waals surface area contributed by atoms with E-state index in [4.69, 9.17) is 18.0 Å². The smallest absolute Gasteiger partial charge is 0.398 e. The average molecular weight is 558 g/mol. The molecule has 0 aliphatic heterocycles. The van der Waals surface area contributed by atoms with E-state index in [2.05, 4.69) is 10.6 Å². The zero-order valence-electron chi connectivity index (χ0n) is 20.1. The van der Waals surface area contributed by atoms with Crippen molar-refractivity contribution in [2.45, 2.75) is 24.8 Å². The number of benzene rings is 4. The lowest BCUT2D eigenvalue weighted by molar-refractivity contribution is -0.143. The standard InChI is InChI=1S/C29H21F6N3S/c30-28(31,32)18-13-19(29(33,34)35)15-20(14-18)37-27(39)38-24-12-10-17-6-2-4-8-22(17)26(24)25-21-7-3-1-5-16(21)9-11-23(25)36/h1-11,13-15,24H,12,36H2,(H2,37,38,39). The Kier molecular flexibility index (Phi) is 6.76. The van der Waals surface area contributed by atoms with Gasteiger partial charge in [-0.1, -0.05) is 60.7 Å². The topological polar surface area (TPSA) is 50.1 Å². The molecule has 1 aliphatic carbocycles. The van der Waals surface area contributed by atoms with Crippen molar-refractivity contribution in [1.29, 1.82) is 0 Å². The molecule has 0 aromatic heterocycles. The molecule has 1 atom stereocenters. The van der Waals surface area contributed by atoms with Gasteiger partial charge in [0.15, 0.2) is 5.11 Å². The second kappa shape index (κ2) is 9.92.